The summed E-state index contributed by atoms with van der Waals surface area (Å²) in [6.45, 7) is 1.72. The van der Waals surface area contributed by atoms with Crippen LogP contribution in [-0.4, -0.2) is 41.7 Å². The number of H-pyrrole nitrogens is 2. The van der Waals surface area contributed by atoms with Gasteiger partial charge in [0.2, 0.25) is 0 Å². The van der Waals surface area contributed by atoms with Crippen LogP contribution in [0.4, 0.5) is 28.8 Å². The summed E-state index contributed by atoms with van der Waals surface area (Å²) >= 11 is 0. The summed E-state index contributed by atoms with van der Waals surface area (Å²) in [6, 6.07) is 11.1. The largest absolute Gasteiger partial charge is 0.371 e. The first-order chi connectivity index (χ1) is 18.0. The molecule has 4 N–H and O–H groups in total. The highest BCUT2D eigenvalue weighted by Gasteiger charge is 2.19. The molecule has 4 aromatic heterocycles. The van der Waals surface area contributed by atoms with Gasteiger partial charge in [-0.2, -0.15) is 20.3 Å². The van der Waals surface area contributed by atoms with Crippen molar-refractivity contribution >= 4 is 39.9 Å². The highest BCUT2D eigenvalue weighted by Crippen LogP contribution is 2.36. The highest BCUT2D eigenvalue weighted by molar-refractivity contribution is 5.82. The summed E-state index contributed by atoms with van der Waals surface area (Å²) in [5.74, 6) is 0.990. The number of nitrogens with zero attached hydrogens (tertiary/aromatic N) is 9. The average Bonchev–Trinajstić information content (AvgIpc) is 3.50. The number of nitrogens with one attached hydrogen (secondary N) is 4. The minimum absolute atomic E-state index is 0.129. The predicted molar refractivity (Wildman–Crippen MR) is 133 cm³/mol. The van der Waals surface area contributed by atoms with Crippen molar-refractivity contribution in [1.82, 2.24) is 34.7 Å². The van der Waals surface area contributed by atoms with E-state index in [2.05, 4.69) is 56.9 Å². The average molecular weight is 491 g/mol. The zero-order valence-corrected chi connectivity index (χ0v) is 19.5. The Balaban J connectivity index is 1.56. The maximum Gasteiger partial charge on any atom is 0.323 e. The Morgan fingerprint density at radius 1 is 1.05 bits per heavy atom. The van der Waals surface area contributed by atoms with E-state index in [1.54, 1.807) is 50.6 Å². The Morgan fingerprint density at radius 2 is 1.84 bits per heavy atom. The third-order valence-corrected chi connectivity index (χ3v) is 5.39. The number of nitriles is 2. The van der Waals surface area contributed by atoms with Crippen LogP contribution in [0, 0.1) is 29.6 Å². The molecule has 180 valence electrons. The van der Waals surface area contributed by atoms with E-state index in [0.717, 1.165) is 0 Å². The minimum Gasteiger partial charge on any atom is -0.371 e. The first-order valence-electron chi connectivity index (χ1n) is 10.8. The number of pyridine rings is 1. The van der Waals surface area contributed by atoms with Crippen molar-refractivity contribution in [1.29, 1.82) is 10.5 Å². The number of anilines is 3. The van der Waals surface area contributed by atoms with Crippen LogP contribution in [0.5, 0.6) is 0 Å². The number of aromatic amines is 2. The van der Waals surface area contributed by atoms with Crippen LogP contribution >= 0.6 is 0 Å². The molecule has 37 heavy (non-hydrogen) atoms. The fraction of sp³-hybridized carbons (Fsp3) is 0.0870. The van der Waals surface area contributed by atoms with Gasteiger partial charge in [0.1, 0.15) is 23.4 Å². The monoisotopic (exact) mass is 491 g/mol. The van der Waals surface area contributed by atoms with E-state index in [-0.39, 0.29) is 28.6 Å². The summed E-state index contributed by atoms with van der Waals surface area (Å²) in [5, 5.41) is 38.3. The normalized spacial score (nSPS) is 10.9. The first-order valence-corrected chi connectivity index (χ1v) is 10.8. The van der Waals surface area contributed by atoms with E-state index in [9.17, 15) is 15.3 Å². The fourth-order valence-corrected chi connectivity index (χ4v) is 3.63. The summed E-state index contributed by atoms with van der Waals surface area (Å²) < 4.78 is 1.30. The molecule has 0 radical (unpaired) electrons. The number of imidazole rings is 1. The van der Waals surface area contributed by atoms with Gasteiger partial charge in [-0.25, -0.2) is 19.7 Å². The van der Waals surface area contributed by atoms with Crippen molar-refractivity contribution in [3.8, 4) is 18.1 Å². The zero-order chi connectivity index (χ0) is 25.9. The Hall–Kier alpha value is -5.89. The van der Waals surface area contributed by atoms with Crippen molar-refractivity contribution in [2.24, 2.45) is 10.2 Å². The third-order valence-electron chi connectivity index (χ3n) is 5.39. The smallest absolute Gasteiger partial charge is 0.323 e. The lowest BCUT2D eigenvalue weighted by Gasteiger charge is -2.14. The molecule has 0 unspecified atom stereocenters. The van der Waals surface area contributed by atoms with Crippen molar-refractivity contribution in [3.05, 3.63) is 70.0 Å². The quantitative estimate of drug-likeness (QED) is 0.256. The van der Waals surface area contributed by atoms with Gasteiger partial charge in [-0.1, -0.05) is 0 Å². The standard InChI is InChI=1S/C23H17N13O/c1-12-15(10-25)19(30-14-4-5-16-17(8-14)32-23(37)31-16)33-20(26-2)18(12)34-35-21-13(9-24)11-29-36(21)22-27-6-3-7-28-22/h3-8,11H,1-2H3,(H2,26,30,33)(H2,31,32,37). The molecule has 0 bridgehead atoms. The van der Waals surface area contributed by atoms with Gasteiger partial charge >= 0.3 is 5.69 Å². The second kappa shape index (κ2) is 9.40. The van der Waals surface area contributed by atoms with Gasteiger partial charge < -0.3 is 20.6 Å². The molecule has 4 heterocycles. The van der Waals surface area contributed by atoms with Crippen molar-refractivity contribution < 1.29 is 0 Å². The van der Waals surface area contributed by atoms with E-state index in [1.807, 2.05) is 6.07 Å². The second-order valence-electron chi connectivity index (χ2n) is 7.64. The van der Waals surface area contributed by atoms with E-state index < -0.39 is 0 Å². The topological polar surface area (TPSA) is 201 Å². The van der Waals surface area contributed by atoms with Gasteiger partial charge in [-0.3, -0.25) is 0 Å². The van der Waals surface area contributed by atoms with Crippen LogP contribution in [0.3, 0.4) is 0 Å². The molecule has 0 aliphatic heterocycles. The molecule has 0 saturated carbocycles. The predicted octanol–water partition coefficient (Wildman–Crippen LogP) is 3.48. The van der Waals surface area contributed by atoms with Gasteiger partial charge in [-0.15, -0.1) is 10.2 Å². The maximum atomic E-state index is 11.6. The summed E-state index contributed by atoms with van der Waals surface area (Å²) in [4.78, 5) is 29.8. The molecule has 0 fully saturated rings. The van der Waals surface area contributed by atoms with Crippen LogP contribution in [-0.2, 0) is 0 Å². The summed E-state index contributed by atoms with van der Waals surface area (Å²) in [6.07, 6.45) is 4.43. The molecule has 0 atom stereocenters. The fourth-order valence-electron chi connectivity index (χ4n) is 3.63. The molecule has 0 amide bonds. The molecule has 14 heteroatoms. The van der Waals surface area contributed by atoms with E-state index >= 15 is 0 Å². The molecule has 0 aliphatic rings. The van der Waals surface area contributed by atoms with Gasteiger partial charge in [0.25, 0.3) is 5.95 Å². The molecule has 5 rings (SSSR count). The Morgan fingerprint density at radius 3 is 2.57 bits per heavy atom. The SMILES string of the molecule is CNc1nc(Nc2ccc3[nH]c(=O)[nH]c3c2)c(C#N)c(C)c1N=Nc1c(C#N)cnn1-c1ncccn1. The van der Waals surface area contributed by atoms with E-state index in [0.29, 0.717) is 39.6 Å². The molecule has 1 aromatic carbocycles. The second-order valence-corrected chi connectivity index (χ2v) is 7.64. The minimum atomic E-state index is -0.314. The van der Waals surface area contributed by atoms with Crippen molar-refractivity contribution in [3.63, 3.8) is 0 Å². The van der Waals surface area contributed by atoms with Crippen LogP contribution in [0.25, 0.3) is 17.0 Å². The molecule has 14 nitrogen and oxygen atoms in total. The van der Waals surface area contributed by atoms with Gasteiger partial charge in [0.05, 0.1) is 22.8 Å². The van der Waals surface area contributed by atoms with E-state index in [4.69, 9.17) is 0 Å². The third kappa shape index (κ3) is 4.22. The molecule has 0 spiro atoms. The van der Waals surface area contributed by atoms with Crippen LogP contribution in [0.15, 0.2) is 57.9 Å². The Kier molecular flexibility index (Phi) is 5.81. The number of hydrogen-bond donors (Lipinski definition) is 4. The number of fused-ring (bicyclic) bond motifs is 1. The molecule has 5 aromatic rings. The molecular formula is C23H17N13O. The first kappa shape index (κ1) is 22.9. The lowest BCUT2D eigenvalue weighted by atomic mass is 10.1. The number of azo groups is 1. The molecular weight excluding hydrogens is 474 g/mol. The van der Waals surface area contributed by atoms with Crippen molar-refractivity contribution in [2.75, 3.05) is 17.7 Å². The summed E-state index contributed by atoms with van der Waals surface area (Å²) in [5.41, 5.74) is 2.80. The Bertz CT molecular complexity index is 1800. The molecule has 0 saturated heterocycles. The summed E-state index contributed by atoms with van der Waals surface area (Å²) in [7, 11) is 1.66. The van der Waals surface area contributed by atoms with Gasteiger partial charge in [0, 0.05) is 30.7 Å². The van der Waals surface area contributed by atoms with Crippen LogP contribution in [0.2, 0.25) is 0 Å². The number of aromatic nitrogens is 7. The van der Waals surface area contributed by atoms with Crippen molar-refractivity contribution in [2.45, 2.75) is 6.92 Å². The Labute approximate surface area is 208 Å². The maximum absolute atomic E-state index is 11.6. The van der Waals surface area contributed by atoms with Crippen LogP contribution < -0.4 is 16.3 Å². The number of benzene rings is 1. The van der Waals surface area contributed by atoms with Gasteiger partial charge in [0.15, 0.2) is 17.5 Å². The molecule has 0 aliphatic carbocycles. The highest BCUT2D eigenvalue weighted by atomic mass is 16.1. The lowest BCUT2D eigenvalue weighted by Crippen LogP contribution is -2.04. The zero-order valence-electron chi connectivity index (χ0n) is 19.5. The lowest BCUT2D eigenvalue weighted by molar-refractivity contribution is 0.803. The van der Waals surface area contributed by atoms with E-state index in [1.165, 1.54) is 10.9 Å². The van der Waals surface area contributed by atoms with Gasteiger partial charge in [-0.05, 0) is 31.2 Å². The number of rotatable bonds is 6. The number of hydrogen-bond acceptors (Lipinski definition) is 11. The van der Waals surface area contributed by atoms with Crippen LogP contribution in [0.1, 0.15) is 16.7 Å².